The lowest BCUT2D eigenvalue weighted by atomic mass is 9.90. The van der Waals surface area contributed by atoms with Gasteiger partial charge in [0.1, 0.15) is 17.5 Å². The molecule has 5 aromatic rings. The third-order valence-electron chi connectivity index (χ3n) is 6.20. The van der Waals surface area contributed by atoms with Gasteiger partial charge in [-0.1, -0.05) is 72.8 Å². The highest BCUT2D eigenvalue weighted by atomic mass is 16.5. The molecule has 2 N–H and O–H groups in total. The first-order valence-corrected chi connectivity index (χ1v) is 11.7. The first-order chi connectivity index (χ1) is 17.9. The number of fused-ring (bicyclic) bond motifs is 2. The fraction of sp³-hybridized carbons (Fsp3) is 0.0645. The predicted octanol–water partition coefficient (Wildman–Crippen LogP) is 6.48. The summed E-state index contributed by atoms with van der Waals surface area (Å²) in [6, 6.07) is 28.2. The minimum Gasteiger partial charge on any atom is -0.507 e. The Balaban J connectivity index is 1.78. The van der Waals surface area contributed by atoms with Crippen molar-refractivity contribution < 1.29 is 24.5 Å². The minimum absolute atomic E-state index is 0.0894. The van der Waals surface area contributed by atoms with Crippen LogP contribution in [0.1, 0.15) is 22.8 Å². The van der Waals surface area contributed by atoms with E-state index in [2.05, 4.69) is 4.99 Å². The number of aliphatic imine (C=N–C) groups is 1. The maximum Gasteiger partial charge on any atom is 0.343 e. The van der Waals surface area contributed by atoms with Crippen LogP contribution in [-0.4, -0.2) is 34.4 Å². The number of ether oxygens (including phenoxy) is 1. The number of carboxylic acids is 1. The average Bonchev–Trinajstić information content (AvgIpc) is 2.92. The van der Waals surface area contributed by atoms with Gasteiger partial charge in [-0.05, 0) is 52.7 Å². The Hall–Kier alpha value is -4.97. The molecule has 0 spiro atoms. The van der Waals surface area contributed by atoms with Crippen molar-refractivity contribution in [2.45, 2.75) is 13.0 Å². The van der Waals surface area contributed by atoms with Crippen molar-refractivity contribution in [3.8, 4) is 22.6 Å². The molecule has 0 aliphatic heterocycles. The van der Waals surface area contributed by atoms with Gasteiger partial charge >= 0.3 is 11.9 Å². The van der Waals surface area contributed by atoms with Crippen molar-refractivity contribution in [1.82, 2.24) is 0 Å². The van der Waals surface area contributed by atoms with Gasteiger partial charge in [-0.2, -0.15) is 0 Å². The highest BCUT2D eigenvalue weighted by Gasteiger charge is 2.22. The predicted molar refractivity (Wildman–Crippen MR) is 145 cm³/mol. The molecule has 0 saturated carbocycles. The highest BCUT2D eigenvalue weighted by Crippen LogP contribution is 2.46. The summed E-state index contributed by atoms with van der Waals surface area (Å²) in [6.45, 7) is 1.46. The van der Waals surface area contributed by atoms with E-state index in [-0.39, 0.29) is 5.75 Å². The van der Waals surface area contributed by atoms with E-state index in [4.69, 9.17) is 4.74 Å². The van der Waals surface area contributed by atoms with Gasteiger partial charge in [-0.3, -0.25) is 4.99 Å². The van der Waals surface area contributed by atoms with Crippen molar-refractivity contribution in [1.29, 1.82) is 0 Å². The van der Waals surface area contributed by atoms with Crippen LogP contribution in [0.25, 0.3) is 32.7 Å². The van der Waals surface area contributed by atoms with Crippen LogP contribution in [0.4, 0.5) is 0 Å². The molecule has 5 aromatic carbocycles. The molecule has 0 amide bonds. The van der Waals surface area contributed by atoms with Gasteiger partial charge < -0.3 is 14.9 Å². The summed E-state index contributed by atoms with van der Waals surface area (Å²) in [5.41, 5.74) is 1.78. The number of aliphatic carboxylic acids is 1. The van der Waals surface area contributed by atoms with Crippen LogP contribution < -0.4 is 4.74 Å². The van der Waals surface area contributed by atoms with Gasteiger partial charge in [0.05, 0.1) is 5.56 Å². The lowest BCUT2D eigenvalue weighted by molar-refractivity contribution is -0.137. The molecule has 0 radical (unpaired) electrons. The number of nitrogens with zero attached hydrogens (tertiary/aromatic N) is 1. The molecule has 0 aromatic heterocycles. The first-order valence-electron chi connectivity index (χ1n) is 11.7. The number of phenols is 1. The zero-order valence-corrected chi connectivity index (χ0v) is 20.0. The average molecular weight is 490 g/mol. The number of hydrogen-bond donors (Lipinski definition) is 2. The topological polar surface area (TPSA) is 96.2 Å². The van der Waals surface area contributed by atoms with Gasteiger partial charge in [0.2, 0.25) is 0 Å². The molecule has 37 heavy (non-hydrogen) atoms. The number of carboxylic acid groups (broad SMARTS) is 1. The second-order valence-electron chi connectivity index (χ2n) is 8.62. The van der Waals surface area contributed by atoms with Crippen LogP contribution in [0.15, 0.2) is 102 Å². The number of carbonyl (C=O) groups is 2. The number of carbonyl (C=O) groups excluding carboxylic acids is 1. The largest absolute Gasteiger partial charge is 0.507 e. The third kappa shape index (κ3) is 4.65. The van der Waals surface area contributed by atoms with E-state index in [1.54, 1.807) is 36.4 Å². The van der Waals surface area contributed by atoms with E-state index in [0.29, 0.717) is 28.0 Å². The minimum atomic E-state index is -1.07. The van der Waals surface area contributed by atoms with E-state index < -0.39 is 18.0 Å². The quantitative estimate of drug-likeness (QED) is 0.162. The number of aromatic hydroxyl groups is 1. The number of rotatable bonds is 6. The normalized spacial score (nSPS) is 12.1. The van der Waals surface area contributed by atoms with Crippen molar-refractivity contribution in [2.75, 3.05) is 0 Å². The molecule has 5 rings (SSSR count). The Kier molecular flexibility index (Phi) is 6.39. The van der Waals surface area contributed by atoms with Crippen LogP contribution >= 0.6 is 0 Å². The first kappa shape index (κ1) is 23.8. The Bertz CT molecular complexity index is 1670. The summed E-state index contributed by atoms with van der Waals surface area (Å²) in [5.74, 6) is -1.38. The highest BCUT2D eigenvalue weighted by molar-refractivity contribution is 6.12. The van der Waals surface area contributed by atoms with Gasteiger partial charge in [0.25, 0.3) is 0 Å². The van der Waals surface area contributed by atoms with E-state index >= 15 is 0 Å². The molecule has 1 atom stereocenters. The molecular formula is C31H23NO5. The van der Waals surface area contributed by atoms with Gasteiger partial charge in [0, 0.05) is 22.9 Å². The molecule has 182 valence electrons. The summed E-state index contributed by atoms with van der Waals surface area (Å²) in [4.78, 5) is 28.4. The summed E-state index contributed by atoms with van der Waals surface area (Å²) >= 11 is 0. The van der Waals surface area contributed by atoms with Crippen LogP contribution in [-0.2, 0) is 4.79 Å². The van der Waals surface area contributed by atoms with Crippen LogP contribution in [0.5, 0.6) is 11.5 Å². The number of phenolic OH excluding ortho intramolecular Hbond substituents is 1. The Morgan fingerprint density at radius 1 is 0.811 bits per heavy atom. The zero-order valence-electron chi connectivity index (χ0n) is 20.0. The molecule has 0 saturated heterocycles. The number of benzene rings is 5. The van der Waals surface area contributed by atoms with Crippen molar-refractivity contribution >= 4 is 39.7 Å². The smallest absolute Gasteiger partial charge is 0.343 e. The SMILES string of the molecule is C[C@H](N=Cc1cc2ccccc2c(-c2c(OC(=O)c3ccccc3)ccc3ccccc23)c1O)C(=O)O. The lowest BCUT2D eigenvalue weighted by Gasteiger charge is -2.18. The van der Waals surface area contributed by atoms with E-state index in [0.717, 1.165) is 21.5 Å². The molecule has 0 aliphatic carbocycles. The van der Waals surface area contributed by atoms with Gasteiger partial charge in [-0.25, -0.2) is 9.59 Å². The summed E-state index contributed by atoms with van der Waals surface area (Å²) in [6.07, 6.45) is 1.37. The second kappa shape index (κ2) is 9.95. The summed E-state index contributed by atoms with van der Waals surface area (Å²) in [5, 5.41) is 24.0. The maximum atomic E-state index is 13.0. The molecule has 0 unspecified atom stereocenters. The van der Waals surface area contributed by atoms with Crippen LogP contribution in [0.3, 0.4) is 0 Å². The number of hydrogen-bond acceptors (Lipinski definition) is 5. The number of esters is 1. The molecule has 0 aliphatic rings. The maximum absolute atomic E-state index is 13.0. The lowest BCUT2D eigenvalue weighted by Crippen LogP contribution is -2.13. The van der Waals surface area contributed by atoms with E-state index in [1.807, 2.05) is 60.7 Å². The van der Waals surface area contributed by atoms with Gasteiger partial charge in [0.15, 0.2) is 0 Å². The van der Waals surface area contributed by atoms with E-state index in [9.17, 15) is 19.8 Å². The van der Waals surface area contributed by atoms with Gasteiger partial charge in [-0.15, -0.1) is 0 Å². The molecule has 6 nitrogen and oxygen atoms in total. The Morgan fingerprint density at radius 2 is 1.43 bits per heavy atom. The zero-order chi connectivity index (χ0) is 25.9. The summed E-state index contributed by atoms with van der Waals surface area (Å²) < 4.78 is 5.91. The fourth-order valence-corrected chi connectivity index (χ4v) is 4.29. The summed E-state index contributed by atoms with van der Waals surface area (Å²) in [7, 11) is 0. The van der Waals surface area contributed by atoms with Crippen molar-refractivity contribution in [2.24, 2.45) is 4.99 Å². The van der Waals surface area contributed by atoms with Crippen LogP contribution in [0, 0.1) is 0 Å². The molecule has 6 heteroatoms. The van der Waals surface area contributed by atoms with Crippen molar-refractivity contribution in [3.63, 3.8) is 0 Å². The van der Waals surface area contributed by atoms with E-state index in [1.165, 1.54) is 13.1 Å². The molecule has 0 fully saturated rings. The van der Waals surface area contributed by atoms with Crippen LogP contribution in [0.2, 0.25) is 0 Å². The molecular weight excluding hydrogens is 466 g/mol. The Morgan fingerprint density at radius 3 is 2.14 bits per heavy atom. The third-order valence-corrected chi connectivity index (χ3v) is 6.20. The monoisotopic (exact) mass is 489 g/mol. The standard InChI is InChI=1S/C31H23NO5/c1-19(30(34)35)32-18-23-17-22-12-6-8-14-25(22)28(29(23)33)27-24-13-7-5-9-20(24)15-16-26(27)37-31(36)21-10-3-2-4-11-21/h2-19,33H,1H3,(H,34,35)/t19-/m0/s1. The second-order valence-corrected chi connectivity index (χ2v) is 8.62. The van der Waals surface area contributed by atoms with Crippen molar-refractivity contribution in [3.05, 3.63) is 108 Å². The molecule has 0 heterocycles. The fourth-order valence-electron chi connectivity index (χ4n) is 4.29. The Labute approximate surface area is 213 Å². The molecule has 0 bridgehead atoms.